The summed E-state index contributed by atoms with van der Waals surface area (Å²) in [5, 5.41) is 2.60. The Balaban J connectivity index is 1.99. The average molecular weight is 288 g/mol. The lowest BCUT2D eigenvalue weighted by Crippen LogP contribution is -2.42. The third-order valence-corrected chi connectivity index (χ3v) is 4.75. The Kier molecular flexibility index (Phi) is 4.13. The maximum atomic E-state index is 12.2. The van der Waals surface area contributed by atoms with Gasteiger partial charge in [-0.05, 0) is 19.3 Å². The van der Waals surface area contributed by atoms with Crippen LogP contribution < -0.4 is 5.32 Å². The fourth-order valence-electron chi connectivity index (χ4n) is 2.76. The first kappa shape index (κ1) is 14.3. The molecule has 0 aromatic heterocycles. The molecule has 0 spiro atoms. The van der Waals surface area contributed by atoms with Crippen molar-refractivity contribution in [3.63, 3.8) is 0 Å². The Labute approximate surface area is 113 Å². The SMILES string of the molecule is CS(=O)(=O)CCC1NC(=O)N(C2CCCCC2)C1=O. The van der Waals surface area contributed by atoms with Gasteiger partial charge in [-0.1, -0.05) is 19.3 Å². The van der Waals surface area contributed by atoms with Crippen LogP contribution in [0.15, 0.2) is 0 Å². The largest absolute Gasteiger partial charge is 0.326 e. The van der Waals surface area contributed by atoms with Crippen LogP contribution in [0.1, 0.15) is 38.5 Å². The molecule has 0 aromatic carbocycles. The lowest BCUT2D eigenvalue weighted by molar-refractivity contribution is -0.129. The first-order valence-electron chi connectivity index (χ1n) is 6.70. The Morgan fingerprint density at radius 3 is 2.42 bits per heavy atom. The normalized spacial score (nSPS) is 25.7. The van der Waals surface area contributed by atoms with E-state index in [4.69, 9.17) is 0 Å². The zero-order valence-corrected chi connectivity index (χ0v) is 11.9. The zero-order valence-electron chi connectivity index (χ0n) is 11.1. The molecular formula is C12H20N2O4S. The van der Waals surface area contributed by atoms with Crippen LogP contribution in [-0.4, -0.2) is 49.3 Å². The van der Waals surface area contributed by atoms with Crippen LogP contribution >= 0.6 is 0 Å². The number of carbonyl (C=O) groups excluding carboxylic acids is 2. The lowest BCUT2D eigenvalue weighted by atomic mass is 9.94. The fraction of sp³-hybridized carbons (Fsp3) is 0.833. The molecular weight excluding hydrogens is 268 g/mol. The molecule has 1 N–H and O–H groups in total. The number of amides is 3. The van der Waals surface area contributed by atoms with Crippen LogP contribution in [0.25, 0.3) is 0 Å². The molecule has 1 saturated carbocycles. The number of sulfone groups is 1. The second-order valence-corrected chi connectivity index (χ2v) is 7.68. The summed E-state index contributed by atoms with van der Waals surface area (Å²) in [4.78, 5) is 25.4. The quantitative estimate of drug-likeness (QED) is 0.771. The summed E-state index contributed by atoms with van der Waals surface area (Å²) in [6.07, 6.45) is 6.23. The topological polar surface area (TPSA) is 83.6 Å². The van der Waals surface area contributed by atoms with Crippen molar-refractivity contribution in [1.82, 2.24) is 10.2 Å². The predicted octanol–water partition coefficient (Wildman–Crippen LogP) is 0.674. The molecule has 2 aliphatic rings. The van der Waals surface area contributed by atoms with Crippen molar-refractivity contribution in [2.24, 2.45) is 0 Å². The van der Waals surface area contributed by atoms with Crippen molar-refractivity contribution in [3.05, 3.63) is 0 Å². The fourth-order valence-corrected chi connectivity index (χ4v) is 3.42. The maximum absolute atomic E-state index is 12.2. The monoisotopic (exact) mass is 288 g/mol. The van der Waals surface area contributed by atoms with Gasteiger partial charge < -0.3 is 5.32 Å². The number of urea groups is 1. The van der Waals surface area contributed by atoms with Crippen molar-refractivity contribution in [1.29, 1.82) is 0 Å². The van der Waals surface area contributed by atoms with Gasteiger partial charge in [0.15, 0.2) is 0 Å². The second-order valence-electron chi connectivity index (χ2n) is 5.42. The maximum Gasteiger partial charge on any atom is 0.325 e. The summed E-state index contributed by atoms with van der Waals surface area (Å²) in [7, 11) is -3.12. The van der Waals surface area contributed by atoms with Gasteiger partial charge in [-0.15, -0.1) is 0 Å². The molecule has 1 aliphatic heterocycles. The van der Waals surface area contributed by atoms with Gasteiger partial charge >= 0.3 is 6.03 Å². The third kappa shape index (κ3) is 3.46. The van der Waals surface area contributed by atoms with Gasteiger partial charge in [0.25, 0.3) is 5.91 Å². The van der Waals surface area contributed by atoms with E-state index in [1.807, 2.05) is 0 Å². The Morgan fingerprint density at radius 2 is 1.84 bits per heavy atom. The van der Waals surface area contributed by atoms with E-state index >= 15 is 0 Å². The molecule has 1 heterocycles. The van der Waals surface area contributed by atoms with Crippen molar-refractivity contribution in [3.8, 4) is 0 Å². The van der Waals surface area contributed by atoms with Gasteiger partial charge in [-0.2, -0.15) is 0 Å². The summed E-state index contributed by atoms with van der Waals surface area (Å²) in [6, 6.07) is -1.05. The molecule has 0 bridgehead atoms. The number of nitrogens with zero attached hydrogens (tertiary/aromatic N) is 1. The Morgan fingerprint density at radius 1 is 1.21 bits per heavy atom. The summed E-state index contributed by atoms with van der Waals surface area (Å²) < 4.78 is 22.2. The number of nitrogens with one attached hydrogen (secondary N) is 1. The van der Waals surface area contributed by atoms with E-state index in [0.717, 1.165) is 38.4 Å². The number of imide groups is 1. The molecule has 2 fully saturated rings. The van der Waals surface area contributed by atoms with Crippen molar-refractivity contribution in [2.45, 2.75) is 50.6 Å². The van der Waals surface area contributed by atoms with Gasteiger partial charge in [0, 0.05) is 12.3 Å². The zero-order chi connectivity index (χ0) is 14.0. The highest BCUT2D eigenvalue weighted by atomic mass is 32.2. The molecule has 1 atom stereocenters. The van der Waals surface area contributed by atoms with Crippen molar-refractivity contribution < 1.29 is 18.0 Å². The van der Waals surface area contributed by atoms with Gasteiger partial charge in [0.2, 0.25) is 0 Å². The molecule has 6 nitrogen and oxygen atoms in total. The van der Waals surface area contributed by atoms with E-state index in [2.05, 4.69) is 5.32 Å². The summed E-state index contributed by atoms with van der Waals surface area (Å²) >= 11 is 0. The van der Waals surface area contributed by atoms with Gasteiger partial charge in [-0.25, -0.2) is 13.2 Å². The molecule has 0 radical (unpaired) electrons. The number of hydrogen-bond donors (Lipinski definition) is 1. The number of hydrogen-bond acceptors (Lipinski definition) is 4. The van der Waals surface area contributed by atoms with Gasteiger partial charge in [0.05, 0.1) is 5.75 Å². The molecule has 1 aliphatic carbocycles. The minimum absolute atomic E-state index is 0.00974. The van der Waals surface area contributed by atoms with Crippen LogP contribution in [0.2, 0.25) is 0 Å². The van der Waals surface area contributed by atoms with Gasteiger partial charge in [0.1, 0.15) is 15.9 Å². The highest BCUT2D eigenvalue weighted by Crippen LogP contribution is 2.25. The molecule has 0 aromatic rings. The highest BCUT2D eigenvalue weighted by molar-refractivity contribution is 7.90. The molecule has 7 heteroatoms. The van der Waals surface area contributed by atoms with Crippen molar-refractivity contribution in [2.75, 3.05) is 12.0 Å². The lowest BCUT2D eigenvalue weighted by Gasteiger charge is -2.28. The molecule has 108 valence electrons. The smallest absolute Gasteiger partial charge is 0.325 e. The van der Waals surface area contributed by atoms with Crippen LogP contribution in [0.5, 0.6) is 0 Å². The predicted molar refractivity (Wildman–Crippen MR) is 70.4 cm³/mol. The first-order chi connectivity index (χ1) is 8.88. The minimum Gasteiger partial charge on any atom is -0.326 e. The van der Waals surface area contributed by atoms with Crippen LogP contribution in [-0.2, 0) is 14.6 Å². The average Bonchev–Trinajstić information content (AvgIpc) is 2.62. The van der Waals surface area contributed by atoms with E-state index in [9.17, 15) is 18.0 Å². The number of carbonyl (C=O) groups is 2. The van der Waals surface area contributed by atoms with Crippen LogP contribution in [0, 0.1) is 0 Å². The second kappa shape index (κ2) is 5.48. The van der Waals surface area contributed by atoms with E-state index in [-0.39, 0.29) is 30.2 Å². The molecule has 3 amide bonds. The molecule has 1 saturated heterocycles. The standard InChI is InChI=1S/C12H20N2O4S/c1-19(17,18)8-7-10-11(15)14(12(16)13-10)9-5-3-2-4-6-9/h9-10H,2-8H2,1H3,(H,13,16). The van der Waals surface area contributed by atoms with E-state index in [1.165, 1.54) is 4.90 Å². The summed E-state index contributed by atoms with van der Waals surface area (Å²) in [6.45, 7) is 0. The van der Waals surface area contributed by atoms with Crippen molar-refractivity contribution >= 4 is 21.8 Å². The van der Waals surface area contributed by atoms with Crippen LogP contribution in [0.4, 0.5) is 4.79 Å². The van der Waals surface area contributed by atoms with E-state index in [0.29, 0.717) is 0 Å². The molecule has 19 heavy (non-hydrogen) atoms. The van der Waals surface area contributed by atoms with E-state index in [1.54, 1.807) is 0 Å². The molecule has 1 unspecified atom stereocenters. The van der Waals surface area contributed by atoms with Gasteiger partial charge in [-0.3, -0.25) is 9.69 Å². The van der Waals surface area contributed by atoms with Crippen LogP contribution in [0.3, 0.4) is 0 Å². The minimum atomic E-state index is -3.12. The Bertz CT molecular complexity index is 468. The summed E-state index contributed by atoms with van der Waals surface area (Å²) in [5.74, 6) is -0.345. The highest BCUT2D eigenvalue weighted by Gasteiger charge is 2.42. The first-order valence-corrected chi connectivity index (χ1v) is 8.76. The third-order valence-electron chi connectivity index (χ3n) is 3.77. The number of rotatable bonds is 4. The Hall–Kier alpha value is -1.11. The molecule has 2 rings (SSSR count). The summed E-state index contributed by atoms with van der Waals surface area (Å²) in [5.41, 5.74) is 0. The van der Waals surface area contributed by atoms with E-state index < -0.39 is 15.9 Å².